The normalized spacial score (nSPS) is 11.7. The molecular formula is C21H24F2N2O. The van der Waals surface area contributed by atoms with Gasteiger partial charge in [0.15, 0.2) is 0 Å². The molecule has 1 aromatic carbocycles. The Hall–Kier alpha value is -2.48. The maximum absolute atomic E-state index is 12.8. The predicted molar refractivity (Wildman–Crippen MR) is 98.1 cm³/mol. The minimum atomic E-state index is -2.63. The number of hydrogen-bond donors (Lipinski definition) is 0. The Kier molecular flexibility index (Phi) is 6.31. The molecule has 0 bridgehead atoms. The third-order valence-corrected chi connectivity index (χ3v) is 4.02. The number of ether oxygens (including phenoxy) is 1. The summed E-state index contributed by atoms with van der Waals surface area (Å²) in [6.45, 7) is 9.11. The number of nitrogens with zero attached hydrogens (tertiary/aromatic N) is 2. The van der Waals surface area contributed by atoms with Crippen molar-refractivity contribution in [3.05, 3.63) is 47.8 Å². The molecule has 5 heteroatoms. The molecule has 138 valence electrons. The van der Waals surface area contributed by atoms with Crippen LogP contribution in [-0.4, -0.2) is 11.6 Å². The predicted octanol–water partition coefficient (Wildman–Crippen LogP) is 6.01. The third kappa shape index (κ3) is 5.26. The molecule has 1 heterocycles. The van der Waals surface area contributed by atoms with Crippen molar-refractivity contribution in [2.24, 2.45) is 11.3 Å². The summed E-state index contributed by atoms with van der Waals surface area (Å²) >= 11 is 0. The van der Waals surface area contributed by atoms with Crippen LogP contribution < -0.4 is 4.74 Å². The third-order valence-electron chi connectivity index (χ3n) is 4.02. The molecule has 0 saturated heterocycles. The molecule has 0 spiro atoms. The zero-order chi connectivity index (χ0) is 19.3. The van der Waals surface area contributed by atoms with E-state index in [0.717, 1.165) is 6.42 Å². The Labute approximate surface area is 153 Å². The van der Waals surface area contributed by atoms with E-state index in [-0.39, 0.29) is 11.1 Å². The van der Waals surface area contributed by atoms with Crippen LogP contribution in [0.25, 0.3) is 11.1 Å². The summed E-state index contributed by atoms with van der Waals surface area (Å²) in [6, 6.07) is 10.3. The summed E-state index contributed by atoms with van der Waals surface area (Å²) in [5, 5.41) is 9.45. The standard InChI is InChI=1S/C21H24F2N2O/c1-14(2)11-21(3,4)13-26-19-6-5-15(9-17(19)12-24)16-7-8-25-18(10-16)20(22)23/h5-10,14,20H,11,13H2,1-4H3. The van der Waals surface area contributed by atoms with Gasteiger partial charge in [0.1, 0.15) is 17.5 Å². The summed E-state index contributed by atoms with van der Waals surface area (Å²) in [5.41, 5.74) is 1.38. The second-order valence-corrected chi connectivity index (χ2v) is 7.64. The lowest BCUT2D eigenvalue weighted by Crippen LogP contribution is -2.23. The van der Waals surface area contributed by atoms with Crippen LogP contribution in [0.4, 0.5) is 8.78 Å². The Morgan fingerprint density at radius 2 is 1.85 bits per heavy atom. The zero-order valence-electron chi connectivity index (χ0n) is 15.6. The van der Waals surface area contributed by atoms with Crippen molar-refractivity contribution in [2.45, 2.75) is 40.5 Å². The van der Waals surface area contributed by atoms with Gasteiger partial charge in [0.2, 0.25) is 0 Å². The monoisotopic (exact) mass is 358 g/mol. The van der Waals surface area contributed by atoms with Crippen LogP contribution in [0.3, 0.4) is 0 Å². The number of hydrogen-bond acceptors (Lipinski definition) is 3. The van der Waals surface area contributed by atoms with Crippen LogP contribution in [0.15, 0.2) is 36.5 Å². The van der Waals surface area contributed by atoms with Gasteiger partial charge >= 0.3 is 0 Å². The molecule has 0 fully saturated rings. The molecule has 0 unspecified atom stereocenters. The summed E-state index contributed by atoms with van der Waals surface area (Å²) < 4.78 is 31.6. The summed E-state index contributed by atoms with van der Waals surface area (Å²) in [6.07, 6.45) is -0.265. The van der Waals surface area contributed by atoms with Gasteiger partial charge in [-0.15, -0.1) is 0 Å². The first-order valence-electron chi connectivity index (χ1n) is 8.63. The van der Waals surface area contributed by atoms with Crippen LogP contribution in [-0.2, 0) is 0 Å². The van der Waals surface area contributed by atoms with Crippen LogP contribution in [0, 0.1) is 22.7 Å². The molecule has 0 saturated carbocycles. The second kappa shape index (κ2) is 8.27. The minimum absolute atomic E-state index is 0.00315. The van der Waals surface area contributed by atoms with Gasteiger partial charge in [-0.25, -0.2) is 8.78 Å². The fourth-order valence-electron chi connectivity index (χ4n) is 3.11. The highest BCUT2D eigenvalue weighted by molar-refractivity contribution is 5.67. The average molecular weight is 358 g/mol. The van der Waals surface area contributed by atoms with E-state index in [1.54, 1.807) is 24.3 Å². The molecule has 0 radical (unpaired) electrons. The van der Waals surface area contributed by atoms with Gasteiger partial charge in [-0.05, 0) is 53.1 Å². The van der Waals surface area contributed by atoms with Crippen molar-refractivity contribution in [1.29, 1.82) is 5.26 Å². The van der Waals surface area contributed by atoms with Crippen molar-refractivity contribution in [3.63, 3.8) is 0 Å². The van der Waals surface area contributed by atoms with E-state index < -0.39 is 6.43 Å². The van der Waals surface area contributed by atoms with Gasteiger partial charge in [0.05, 0.1) is 12.2 Å². The molecule has 0 atom stereocenters. The molecule has 0 aliphatic rings. The smallest absolute Gasteiger partial charge is 0.280 e. The lowest BCUT2D eigenvalue weighted by atomic mass is 9.85. The fourth-order valence-corrected chi connectivity index (χ4v) is 3.11. The Balaban J connectivity index is 2.23. The van der Waals surface area contributed by atoms with Gasteiger partial charge in [-0.2, -0.15) is 5.26 Å². The minimum Gasteiger partial charge on any atom is -0.492 e. The quantitative estimate of drug-likeness (QED) is 0.609. The zero-order valence-corrected chi connectivity index (χ0v) is 15.6. The molecule has 0 aliphatic heterocycles. The largest absolute Gasteiger partial charge is 0.492 e. The van der Waals surface area contributed by atoms with Crippen molar-refractivity contribution >= 4 is 0 Å². The van der Waals surface area contributed by atoms with Crippen LogP contribution in [0.5, 0.6) is 5.75 Å². The maximum Gasteiger partial charge on any atom is 0.280 e. The van der Waals surface area contributed by atoms with Crippen LogP contribution >= 0.6 is 0 Å². The summed E-state index contributed by atoms with van der Waals surface area (Å²) in [7, 11) is 0. The first-order chi connectivity index (χ1) is 12.2. The van der Waals surface area contributed by atoms with Gasteiger partial charge < -0.3 is 4.74 Å². The van der Waals surface area contributed by atoms with Crippen molar-refractivity contribution in [1.82, 2.24) is 4.98 Å². The number of halogens is 2. The van der Waals surface area contributed by atoms with E-state index in [1.807, 2.05) is 0 Å². The Morgan fingerprint density at radius 1 is 1.15 bits per heavy atom. The van der Waals surface area contributed by atoms with E-state index in [1.165, 1.54) is 12.3 Å². The fraction of sp³-hybridized carbons (Fsp3) is 0.429. The van der Waals surface area contributed by atoms with Gasteiger partial charge in [-0.1, -0.05) is 33.8 Å². The molecule has 0 N–H and O–H groups in total. The number of rotatable bonds is 7. The first-order valence-corrected chi connectivity index (χ1v) is 8.63. The maximum atomic E-state index is 12.8. The Morgan fingerprint density at radius 3 is 2.46 bits per heavy atom. The average Bonchev–Trinajstić information content (AvgIpc) is 2.59. The molecule has 2 rings (SSSR count). The number of pyridine rings is 1. The van der Waals surface area contributed by atoms with Crippen LogP contribution in [0.2, 0.25) is 0 Å². The highest BCUT2D eigenvalue weighted by Crippen LogP contribution is 2.31. The van der Waals surface area contributed by atoms with Gasteiger partial charge in [-0.3, -0.25) is 4.98 Å². The molecule has 3 nitrogen and oxygen atoms in total. The van der Waals surface area contributed by atoms with E-state index in [9.17, 15) is 14.0 Å². The number of aromatic nitrogens is 1. The van der Waals surface area contributed by atoms with Crippen molar-refractivity contribution in [3.8, 4) is 22.9 Å². The van der Waals surface area contributed by atoms with Crippen molar-refractivity contribution < 1.29 is 13.5 Å². The summed E-state index contributed by atoms with van der Waals surface area (Å²) in [5.74, 6) is 1.07. The van der Waals surface area contributed by atoms with E-state index in [0.29, 0.717) is 35.0 Å². The molecule has 26 heavy (non-hydrogen) atoms. The lowest BCUT2D eigenvalue weighted by molar-refractivity contribution is 0.146. The molecule has 0 aliphatic carbocycles. The molecular weight excluding hydrogens is 334 g/mol. The lowest BCUT2D eigenvalue weighted by Gasteiger charge is -2.27. The number of benzene rings is 1. The molecule has 0 amide bonds. The van der Waals surface area contributed by atoms with E-state index in [4.69, 9.17) is 4.74 Å². The summed E-state index contributed by atoms with van der Waals surface area (Å²) in [4.78, 5) is 3.66. The van der Waals surface area contributed by atoms with Crippen molar-refractivity contribution in [2.75, 3.05) is 6.61 Å². The Bertz CT molecular complexity index is 795. The second-order valence-electron chi connectivity index (χ2n) is 7.64. The highest BCUT2D eigenvalue weighted by atomic mass is 19.3. The topological polar surface area (TPSA) is 45.9 Å². The van der Waals surface area contributed by atoms with Crippen LogP contribution in [0.1, 0.15) is 51.8 Å². The number of alkyl halides is 2. The molecule has 2 aromatic rings. The van der Waals surface area contributed by atoms with Gasteiger partial charge in [0.25, 0.3) is 6.43 Å². The highest BCUT2D eigenvalue weighted by Gasteiger charge is 2.21. The molecule has 1 aromatic heterocycles. The number of nitriles is 1. The van der Waals surface area contributed by atoms with Gasteiger partial charge in [0, 0.05) is 6.20 Å². The van der Waals surface area contributed by atoms with E-state index >= 15 is 0 Å². The SMILES string of the molecule is CC(C)CC(C)(C)COc1ccc(-c2ccnc(C(F)F)c2)cc1C#N. The first kappa shape index (κ1) is 19.8. The van der Waals surface area contributed by atoms with E-state index in [2.05, 4.69) is 38.7 Å².